The molecule has 1 aliphatic heterocycles. The first-order chi connectivity index (χ1) is 12.9. The summed E-state index contributed by atoms with van der Waals surface area (Å²) in [6, 6.07) is 7.59. The second-order valence-corrected chi connectivity index (χ2v) is 6.26. The van der Waals surface area contributed by atoms with Crippen molar-refractivity contribution in [1.29, 1.82) is 0 Å². The number of anilines is 1. The molecule has 9 heteroatoms. The number of rotatable bonds is 5. The van der Waals surface area contributed by atoms with Crippen LogP contribution in [0.2, 0.25) is 0 Å². The van der Waals surface area contributed by atoms with Crippen LogP contribution in [0, 0.1) is 0 Å². The Balaban J connectivity index is 1.56. The monoisotopic (exact) mass is 380 g/mol. The molecule has 2 heterocycles. The van der Waals surface area contributed by atoms with Gasteiger partial charge < -0.3 is 15.4 Å². The number of hydrogen-bond donors (Lipinski definition) is 2. The molecule has 1 unspecified atom stereocenters. The van der Waals surface area contributed by atoms with E-state index in [-0.39, 0.29) is 11.6 Å². The van der Waals surface area contributed by atoms with Gasteiger partial charge in [0.15, 0.2) is 6.61 Å². The molecule has 1 aromatic carbocycles. The lowest BCUT2D eigenvalue weighted by molar-refractivity contribution is -0.154. The van der Waals surface area contributed by atoms with Crippen molar-refractivity contribution in [3.63, 3.8) is 0 Å². The standard InChI is InChI=1S/C18H19F3N4O2/c19-18(20,21)11-27-16-10-23-15(9-24-16)17(26)25-14-5-3-12(4-6-14)13-2-1-7-22-8-13/h3-6,9-10,13,22H,1-2,7-8,11H2,(H,25,26). The molecule has 6 nitrogen and oxygen atoms in total. The van der Waals surface area contributed by atoms with Crippen LogP contribution in [0.3, 0.4) is 0 Å². The number of halogens is 3. The van der Waals surface area contributed by atoms with Gasteiger partial charge in [0.05, 0.1) is 12.4 Å². The average Bonchev–Trinajstić information content (AvgIpc) is 2.67. The fourth-order valence-corrected chi connectivity index (χ4v) is 2.83. The van der Waals surface area contributed by atoms with Crippen LogP contribution in [-0.4, -0.2) is 41.7 Å². The van der Waals surface area contributed by atoms with Gasteiger partial charge in [-0.05, 0) is 43.0 Å². The zero-order valence-electron chi connectivity index (χ0n) is 14.4. The van der Waals surface area contributed by atoms with Gasteiger partial charge in [-0.2, -0.15) is 13.2 Å². The van der Waals surface area contributed by atoms with Crippen LogP contribution < -0.4 is 15.4 Å². The van der Waals surface area contributed by atoms with Crippen LogP contribution in [0.1, 0.15) is 34.8 Å². The number of alkyl halides is 3. The van der Waals surface area contributed by atoms with Crippen LogP contribution >= 0.6 is 0 Å². The van der Waals surface area contributed by atoms with E-state index in [0.717, 1.165) is 38.3 Å². The number of carbonyl (C=O) groups excluding carboxylic acids is 1. The maximum atomic E-state index is 12.2. The number of carbonyl (C=O) groups is 1. The Morgan fingerprint density at radius 3 is 2.59 bits per heavy atom. The van der Waals surface area contributed by atoms with Gasteiger partial charge in [0, 0.05) is 12.2 Å². The maximum absolute atomic E-state index is 12.2. The van der Waals surface area contributed by atoms with Crippen LogP contribution in [0.15, 0.2) is 36.7 Å². The van der Waals surface area contributed by atoms with Crippen molar-refractivity contribution in [2.45, 2.75) is 24.9 Å². The molecule has 144 valence electrons. The number of aromatic nitrogens is 2. The molecule has 1 atom stereocenters. The second-order valence-electron chi connectivity index (χ2n) is 6.26. The smallest absolute Gasteiger partial charge is 0.422 e. The molecule has 2 aromatic rings. The molecule has 27 heavy (non-hydrogen) atoms. The highest BCUT2D eigenvalue weighted by Crippen LogP contribution is 2.24. The summed E-state index contributed by atoms with van der Waals surface area (Å²) < 4.78 is 40.8. The highest BCUT2D eigenvalue weighted by molar-refractivity contribution is 6.02. The number of amides is 1. The van der Waals surface area contributed by atoms with Gasteiger partial charge in [-0.15, -0.1) is 0 Å². The fraction of sp³-hybridized carbons (Fsp3) is 0.389. The number of piperidine rings is 1. The van der Waals surface area contributed by atoms with E-state index in [4.69, 9.17) is 0 Å². The summed E-state index contributed by atoms with van der Waals surface area (Å²) >= 11 is 0. The van der Waals surface area contributed by atoms with Gasteiger partial charge in [-0.1, -0.05) is 12.1 Å². The van der Waals surface area contributed by atoms with Crippen LogP contribution in [0.5, 0.6) is 5.88 Å². The van der Waals surface area contributed by atoms with E-state index < -0.39 is 18.7 Å². The Labute approximate surface area is 154 Å². The van der Waals surface area contributed by atoms with E-state index in [1.165, 1.54) is 5.56 Å². The highest BCUT2D eigenvalue weighted by atomic mass is 19.4. The first-order valence-electron chi connectivity index (χ1n) is 8.54. The van der Waals surface area contributed by atoms with Crippen molar-refractivity contribution in [1.82, 2.24) is 15.3 Å². The van der Waals surface area contributed by atoms with Crippen LogP contribution in [0.4, 0.5) is 18.9 Å². The Bertz CT molecular complexity index is 758. The lowest BCUT2D eigenvalue weighted by Gasteiger charge is -2.23. The quantitative estimate of drug-likeness (QED) is 0.834. The molecule has 1 fully saturated rings. The highest BCUT2D eigenvalue weighted by Gasteiger charge is 2.28. The van der Waals surface area contributed by atoms with E-state index in [1.807, 2.05) is 24.3 Å². The number of ether oxygens (including phenoxy) is 1. The van der Waals surface area contributed by atoms with Crippen LogP contribution in [0.25, 0.3) is 0 Å². The summed E-state index contributed by atoms with van der Waals surface area (Å²) in [6.45, 7) is 0.534. The van der Waals surface area contributed by atoms with E-state index in [2.05, 4.69) is 25.3 Å². The minimum Gasteiger partial charge on any atom is -0.467 e. The van der Waals surface area contributed by atoms with Gasteiger partial charge in [-0.25, -0.2) is 9.97 Å². The molecule has 1 saturated heterocycles. The summed E-state index contributed by atoms with van der Waals surface area (Å²) in [6.07, 6.45) is -0.123. The minimum absolute atomic E-state index is 0.0186. The van der Waals surface area contributed by atoms with Crippen molar-refractivity contribution in [3.8, 4) is 5.88 Å². The molecule has 1 aromatic heterocycles. The summed E-state index contributed by atoms with van der Waals surface area (Å²) in [7, 11) is 0. The zero-order valence-corrected chi connectivity index (χ0v) is 14.4. The predicted molar refractivity (Wildman–Crippen MR) is 92.8 cm³/mol. The molecule has 3 rings (SSSR count). The van der Waals surface area contributed by atoms with E-state index >= 15 is 0 Å². The molecule has 2 N–H and O–H groups in total. The molecule has 0 bridgehead atoms. The number of hydrogen-bond acceptors (Lipinski definition) is 5. The first-order valence-corrected chi connectivity index (χ1v) is 8.54. The lowest BCUT2D eigenvalue weighted by atomic mass is 9.92. The van der Waals surface area contributed by atoms with E-state index in [9.17, 15) is 18.0 Å². The fourth-order valence-electron chi connectivity index (χ4n) is 2.83. The Morgan fingerprint density at radius 2 is 2.00 bits per heavy atom. The first kappa shape index (κ1) is 19.1. The minimum atomic E-state index is -4.46. The maximum Gasteiger partial charge on any atom is 0.422 e. The van der Waals surface area contributed by atoms with Crippen molar-refractivity contribution in [3.05, 3.63) is 47.9 Å². The molecule has 0 aliphatic carbocycles. The largest absolute Gasteiger partial charge is 0.467 e. The number of benzene rings is 1. The third kappa shape index (κ3) is 5.65. The lowest BCUT2D eigenvalue weighted by Crippen LogP contribution is -2.28. The average molecular weight is 380 g/mol. The molecular weight excluding hydrogens is 361 g/mol. The topological polar surface area (TPSA) is 76.1 Å². The summed E-state index contributed by atoms with van der Waals surface area (Å²) in [5.41, 5.74) is 1.80. The van der Waals surface area contributed by atoms with Crippen LogP contribution in [-0.2, 0) is 0 Å². The zero-order chi connectivity index (χ0) is 19.3. The number of nitrogens with one attached hydrogen (secondary N) is 2. The third-order valence-corrected chi connectivity index (χ3v) is 4.18. The van der Waals surface area contributed by atoms with E-state index in [1.54, 1.807) is 0 Å². The Hall–Kier alpha value is -2.68. The molecule has 0 spiro atoms. The van der Waals surface area contributed by atoms with Gasteiger partial charge in [0.25, 0.3) is 5.91 Å². The second kappa shape index (κ2) is 8.34. The Kier molecular flexibility index (Phi) is 5.90. The van der Waals surface area contributed by atoms with Crippen molar-refractivity contribution < 1.29 is 22.7 Å². The van der Waals surface area contributed by atoms with Crippen molar-refractivity contribution in [2.75, 3.05) is 25.0 Å². The molecule has 0 saturated carbocycles. The summed E-state index contributed by atoms with van der Waals surface area (Å²) in [4.78, 5) is 19.6. The van der Waals surface area contributed by atoms with Crippen molar-refractivity contribution in [2.24, 2.45) is 0 Å². The molecule has 1 amide bonds. The third-order valence-electron chi connectivity index (χ3n) is 4.18. The summed E-state index contributed by atoms with van der Waals surface area (Å²) in [5.74, 6) is -0.329. The SMILES string of the molecule is O=C(Nc1ccc(C2CCCNC2)cc1)c1cnc(OCC(F)(F)F)cn1. The van der Waals surface area contributed by atoms with Crippen molar-refractivity contribution >= 4 is 11.6 Å². The summed E-state index contributed by atoms with van der Waals surface area (Å²) in [5, 5.41) is 6.05. The molecule has 0 radical (unpaired) electrons. The van der Waals surface area contributed by atoms with Gasteiger partial charge in [0.1, 0.15) is 5.69 Å². The molecular formula is C18H19F3N4O2. The number of nitrogens with zero attached hydrogens (tertiary/aromatic N) is 2. The van der Waals surface area contributed by atoms with E-state index in [0.29, 0.717) is 11.6 Å². The van der Waals surface area contributed by atoms with Gasteiger partial charge >= 0.3 is 6.18 Å². The normalized spacial score (nSPS) is 17.4. The predicted octanol–water partition coefficient (Wildman–Crippen LogP) is 3.14. The molecule has 1 aliphatic rings. The Morgan fingerprint density at radius 1 is 1.22 bits per heavy atom. The van der Waals surface area contributed by atoms with Gasteiger partial charge in [0.2, 0.25) is 5.88 Å². The van der Waals surface area contributed by atoms with Gasteiger partial charge in [-0.3, -0.25) is 4.79 Å².